The van der Waals surface area contributed by atoms with Crippen LogP contribution in [0, 0.1) is 11.8 Å². The average molecular weight is 237 g/mol. The first-order valence-corrected chi connectivity index (χ1v) is 6.38. The summed E-state index contributed by atoms with van der Waals surface area (Å²) in [6, 6.07) is 0. The van der Waals surface area contributed by atoms with E-state index in [0.717, 1.165) is 18.8 Å². The molecule has 3 nitrogen and oxygen atoms in total. The van der Waals surface area contributed by atoms with Gasteiger partial charge in [0.05, 0.1) is 0 Å². The van der Waals surface area contributed by atoms with Crippen molar-refractivity contribution in [1.82, 2.24) is 4.90 Å². The fraction of sp³-hybridized carbons (Fsp3) is 0.643. The maximum absolute atomic E-state index is 10.9. The Labute approximate surface area is 104 Å². The Bertz CT molecular complexity index is 314. The molecule has 0 bridgehead atoms. The van der Waals surface area contributed by atoms with Crippen molar-refractivity contribution in [3.8, 4) is 0 Å². The summed E-state index contributed by atoms with van der Waals surface area (Å²) in [7, 11) is 0. The number of carboxylic acids is 1. The minimum Gasteiger partial charge on any atom is -0.478 e. The van der Waals surface area contributed by atoms with Gasteiger partial charge in [0, 0.05) is 30.8 Å². The number of rotatable bonds is 5. The maximum atomic E-state index is 10.9. The van der Waals surface area contributed by atoms with Crippen LogP contribution in [0.25, 0.3) is 0 Å². The minimum absolute atomic E-state index is 0.250. The molecule has 0 aromatic rings. The fourth-order valence-electron chi connectivity index (χ4n) is 2.35. The molecule has 1 rings (SSSR count). The van der Waals surface area contributed by atoms with E-state index in [-0.39, 0.29) is 5.92 Å². The highest BCUT2D eigenvalue weighted by atomic mass is 16.4. The normalized spacial score (nSPS) is 20.9. The van der Waals surface area contributed by atoms with Gasteiger partial charge in [0.25, 0.3) is 0 Å². The molecular formula is C14H23NO2. The van der Waals surface area contributed by atoms with Crippen molar-refractivity contribution in [3.63, 3.8) is 0 Å². The molecule has 0 saturated carbocycles. The molecule has 17 heavy (non-hydrogen) atoms. The van der Waals surface area contributed by atoms with Crippen molar-refractivity contribution in [3.05, 3.63) is 23.9 Å². The van der Waals surface area contributed by atoms with Crippen LogP contribution in [0.3, 0.4) is 0 Å². The smallest absolute Gasteiger partial charge is 0.330 e. The lowest BCUT2D eigenvalue weighted by atomic mass is 9.91. The SMILES string of the molecule is C/C=C/[C@@H](C)[C@@H](C)/C(=C/C(=O)O)N1CCCC1. The van der Waals surface area contributed by atoms with E-state index in [1.165, 1.54) is 18.9 Å². The minimum atomic E-state index is -0.841. The van der Waals surface area contributed by atoms with Gasteiger partial charge in [0.15, 0.2) is 0 Å². The van der Waals surface area contributed by atoms with Crippen LogP contribution in [0.2, 0.25) is 0 Å². The first-order valence-electron chi connectivity index (χ1n) is 6.38. The number of aliphatic carboxylic acids is 1. The van der Waals surface area contributed by atoms with Gasteiger partial charge in [-0.3, -0.25) is 0 Å². The van der Waals surface area contributed by atoms with Crippen LogP contribution in [-0.4, -0.2) is 29.1 Å². The second-order valence-electron chi connectivity index (χ2n) is 4.78. The van der Waals surface area contributed by atoms with Crippen LogP contribution < -0.4 is 0 Å². The number of hydrogen-bond donors (Lipinski definition) is 1. The summed E-state index contributed by atoms with van der Waals surface area (Å²) in [6.07, 6.45) is 7.89. The summed E-state index contributed by atoms with van der Waals surface area (Å²) in [5, 5.41) is 8.98. The Morgan fingerprint density at radius 2 is 1.88 bits per heavy atom. The highest BCUT2D eigenvalue weighted by Gasteiger charge is 2.23. The zero-order chi connectivity index (χ0) is 12.8. The van der Waals surface area contributed by atoms with Crippen molar-refractivity contribution in [2.75, 3.05) is 13.1 Å². The Morgan fingerprint density at radius 1 is 1.29 bits per heavy atom. The van der Waals surface area contributed by atoms with E-state index in [1.54, 1.807) is 0 Å². The summed E-state index contributed by atoms with van der Waals surface area (Å²) in [5.41, 5.74) is 0.973. The molecule has 0 aromatic carbocycles. The summed E-state index contributed by atoms with van der Waals surface area (Å²) in [4.78, 5) is 13.2. The molecule has 1 aliphatic heterocycles. The van der Waals surface area contributed by atoms with E-state index in [1.807, 2.05) is 13.0 Å². The lowest BCUT2D eigenvalue weighted by Gasteiger charge is -2.29. The Morgan fingerprint density at radius 3 is 2.35 bits per heavy atom. The summed E-state index contributed by atoms with van der Waals surface area (Å²) < 4.78 is 0. The van der Waals surface area contributed by atoms with Crippen LogP contribution >= 0.6 is 0 Å². The molecule has 1 saturated heterocycles. The topological polar surface area (TPSA) is 40.5 Å². The van der Waals surface area contributed by atoms with Gasteiger partial charge < -0.3 is 10.0 Å². The van der Waals surface area contributed by atoms with Crippen LogP contribution in [-0.2, 0) is 4.79 Å². The number of hydrogen-bond acceptors (Lipinski definition) is 2. The lowest BCUT2D eigenvalue weighted by molar-refractivity contribution is -0.131. The fourth-order valence-corrected chi connectivity index (χ4v) is 2.35. The van der Waals surface area contributed by atoms with Crippen LogP contribution in [0.1, 0.15) is 33.6 Å². The van der Waals surface area contributed by atoms with Crippen LogP contribution in [0.4, 0.5) is 0 Å². The molecule has 0 amide bonds. The monoisotopic (exact) mass is 237 g/mol. The van der Waals surface area contributed by atoms with E-state index in [9.17, 15) is 4.79 Å². The van der Waals surface area contributed by atoms with Gasteiger partial charge in [-0.1, -0.05) is 26.0 Å². The molecule has 2 atom stereocenters. The van der Waals surface area contributed by atoms with Gasteiger partial charge in [-0.15, -0.1) is 0 Å². The third kappa shape index (κ3) is 3.91. The van der Waals surface area contributed by atoms with E-state index in [2.05, 4.69) is 24.8 Å². The molecule has 0 spiro atoms. The molecule has 0 aromatic heterocycles. The molecule has 1 heterocycles. The average Bonchev–Trinajstić information content (AvgIpc) is 2.78. The molecule has 1 aliphatic rings. The van der Waals surface area contributed by atoms with Gasteiger partial charge in [0.2, 0.25) is 0 Å². The molecule has 96 valence electrons. The largest absolute Gasteiger partial charge is 0.478 e. The predicted octanol–water partition coefficient (Wildman–Crippen LogP) is 2.90. The van der Waals surface area contributed by atoms with Gasteiger partial charge >= 0.3 is 5.97 Å². The number of carboxylic acid groups (broad SMARTS) is 1. The Hall–Kier alpha value is -1.25. The van der Waals surface area contributed by atoms with E-state index in [4.69, 9.17) is 5.11 Å². The van der Waals surface area contributed by atoms with Gasteiger partial charge in [-0.05, 0) is 25.7 Å². The standard InChI is InChI=1S/C14H23NO2/c1-4-7-11(2)12(3)13(10-14(16)17)15-8-5-6-9-15/h4,7,10-12H,5-6,8-9H2,1-3H3,(H,16,17)/b7-4+,13-10-/t11-,12-/m1/s1. The molecule has 0 radical (unpaired) electrons. The molecule has 1 N–H and O–H groups in total. The first kappa shape index (κ1) is 13.8. The second-order valence-corrected chi connectivity index (χ2v) is 4.78. The van der Waals surface area contributed by atoms with Crippen molar-refractivity contribution < 1.29 is 9.90 Å². The molecular weight excluding hydrogens is 214 g/mol. The summed E-state index contributed by atoms with van der Waals surface area (Å²) in [5.74, 6) is -0.224. The van der Waals surface area contributed by atoms with Gasteiger partial charge in [-0.25, -0.2) is 4.79 Å². The van der Waals surface area contributed by atoms with Crippen molar-refractivity contribution in [1.29, 1.82) is 0 Å². The molecule has 0 unspecified atom stereocenters. The van der Waals surface area contributed by atoms with Crippen molar-refractivity contribution in [2.45, 2.75) is 33.6 Å². The Kier molecular flexibility index (Phi) is 5.26. The van der Waals surface area contributed by atoms with E-state index < -0.39 is 5.97 Å². The number of likely N-dealkylation sites (tertiary alicyclic amines) is 1. The zero-order valence-corrected chi connectivity index (χ0v) is 11.0. The van der Waals surface area contributed by atoms with E-state index >= 15 is 0 Å². The lowest BCUT2D eigenvalue weighted by Crippen LogP contribution is -2.26. The molecule has 3 heteroatoms. The number of nitrogens with zero attached hydrogens (tertiary/aromatic N) is 1. The number of carbonyl (C=O) groups is 1. The van der Waals surface area contributed by atoms with E-state index in [0.29, 0.717) is 5.92 Å². The van der Waals surface area contributed by atoms with Gasteiger partial charge in [-0.2, -0.15) is 0 Å². The summed E-state index contributed by atoms with van der Waals surface area (Å²) in [6.45, 7) is 8.23. The highest BCUT2D eigenvalue weighted by molar-refractivity contribution is 5.80. The molecule has 0 aliphatic carbocycles. The Balaban J connectivity index is 2.85. The third-order valence-corrected chi connectivity index (χ3v) is 3.49. The zero-order valence-electron chi connectivity index (χ0n) is 11.0. The summed E-state index contributed by atoms with van der Waals surface area (Å²) >= 11 is 0. The molecule has 1 fully saturated rings. The third-order valence-electron chi connectivity index (χ3n) is 3.49. The predicted molar refractivity (Wildman–Crippen MR) is 69.7 cm³/mol. The van der Waals surface area contributed by atoms with Crippen LogP contribution in [0.5, 0.6) is 0 Å². The first-order chi connectivity index (χ1) is 8.06. The highest BCUT2D eigenvalue weighted by Crippen LogP contribution is 2.27. The van der Waals surface area contributed by atoms with Crippen LogP contribution in [0.15, 0.2) is 23.9 Å². The van der Waals surface area contributed by atoms with Crippen molar-refractivity contribution in [2.24, 2.45) is 11.8 Å². The number of allylic oxidation sites excluding steroid dienone is 3. The quantitative estimate of drug-likeness (QED) is 0.590. The maximum Gasteiger partial charge on any atom is 0.330 e. The van der Waals surface area contributed by atoms with Gasteiger partial charge in [0.1, 0.15) is 0 Å². The van der Waals surface area contributed by atoms with Crippen molar-refractivity contribution >= 4 is 5.97 Å². The second kappa shape index (κ2) is 6.48.